The minimum Gasteiger partial charge on any atom is -0.357 e. The van der Waals surface area contributed by atoms with Crippen molar-refractivity contribution in [2.24, 2.45) is 10.9 Å². The van der Waals surface area contributed by atoms with Gasteiger partial charge in [0.1, 0.15) is 0 Å². The summed E-state index contributed by atoms with van der Waals surface area (Å²) >= 11 is 0. The summed E-state index contributed by atoms with van der Waals surface area (Å²) in [6.45, 7) is 9.47. The fourth-order valence-electron chi connectivity index (χ4n) is 3.37. The first-order valence-corrected chi connectivity index (χ1v) is 9.62. The van der Waals surface area contributed by atoms with Crippen LogP contribution in [0.5, 0.6) is 0 Å². The summed E-state index contributed by atoms with van der Waals surface area (Å²) < 4.78 is 39.9. The summed E-state index contributed by atoms with van der Waals surface area (Å²) in [4.78, 5) is 8.31. The molecular weight excluding hydrogens is 357 g/mol. The number of hydrogen-bond acceptors (Lipinski definition) is 3. The molecule has 0 spiro atoms. The lowest BCUT2D eigenvalue weighted by atomic mass is 10.1. The zero-order valence-corrected chi connectivity index (χ0v) is 16.5. The molecule has 2 heterocycles. The van der Waals surface area contributed by atoms with Crippen LogP contribution in [0.1, 0.15) is 25.8 Å². The van der Waals surface area contributed by atoms with E-state index < -0.39 is 12.7 Å². The van der Waals surface area contributed by atoms with Crippen molar-refractivity contribution in [3.8, 4) is 0 Å². The fraction of sp³-hybridized carbons (Fsp3) is 0.778. The van der Waals surface area contributed by atoms with Crippen LogP contribution in [0.4, 0.5) is 13.2 Å². The van der Waals surface area contributed by atoms with Gasteiger partial charge in [-0.1, -0.05) is 6.92 Å². The van der Waals surface area contributed by atoms with E-state index in [1.165, 1.54) is 4.90 Å². The van der Waals surface area contributed by atoms with Gasteiger partial charge in [-0.25, -0.2) is 0 Å². The van der Waals surface area contributed by atoms with Crippen LogP contribution < -0.4 is 5.32 Å². The van der Waals surface area contributed by atoms with Gasteiger partial charge >= 0.3 is 6.18 Å². The van der Waals surface area contributed by atoms with Crippen LogP contribution in [0, 0.1) is 12.8 Å². The molecule has 0 radical (unpaired) electrons. The molecule has 0 bridgehead atoms. The molecule has 0 amide bonds. The molecule has 1 saturated heterocycles. The number of halogens is 3. The number of guanidine groups is 1. The topological polar surface area (TPSA) is 48.7 Å². The van der Waals surface area contributed by atoms with Crippen LogP contribution >= 0.6 is 0 Å². The minimum atomic E-state index is -4.14. The molecule has 27 heavy (non-hydrogen) atoms. The third kappa shape index (κ3) is 7.40. The second-order valence-corrected chi connectivity index (χ2v) is 7.06. The molecule has 1 fully saturated rings. The summed E-state index contributed by atoms with van der Waals surface area (Å²) in [7, 11) is 0. The average molecular weight is 388 g/mol. The monoisotopic (exact) mass is 388 g/mol. The first kappa shape index (κ1) is 21.5. The Kier molecular flexibility index (Phi) is 7.94. The summed E-state index contributed by atoms with van der Waals surface area (Å²) in [5.41, 5.74) is 1.12. The third-order valence-electron chi connectivity index (χ3n) is 4.64. The maximum absolute atomic E-state index is 12.7. The van der Waals surface area contributed by atoms with Gasteiger partial charge in [0.25, 0.3) is 0 Å². The number of hydrogen-bond donors (Lipinski definition) is 1. The number of aromatic nitrogens is 2. The Labute approximate surface area is 159 Å². The molecule has 1 aliphatic heterocycles. The molecule has 2 rings (SSSR count). The van der Waals surface area contributed by atoms with Crippen LogP contribution in [0.15, 0.2) is 17.4 Å². The van der Waals surface area contributed by atoms with Crippen molar-refractivity contribution in [1.82, 2.24) is 24.9 Å². The largest absolute Gasteiger partial charge is 0.401 e. The number of likely N-dealkylation sites (tertiary alicyclic amines) is 1. The molecule has 1 aromatic heterocycles. The Morgan fingerprint density at radius 1 is 1.41 bits per heavy atom. The molecule has 1 unspecified atom stereocenters. The molecule has 0 aliphatic carbocycles. The molecule has 1 aliphatic rings. The van der Waals surface area contributed by atoms with E-state index in [2.05, 4.69) is 20.3 Å². The highest BCUT2D eigenvalue weighted by atomic mass is 19.4. The van der Waals surface area contributed by atoms with Crippen molar-refractivity contribution in [3.05, 3.63) is 18.0 Å². The van der Waals surface area contributed by atoms with E-state index in [1.807, 2.05) is 30.9 Å². The molecule has 1 atom stereocenters. The smallest absolute Gasteiger partial charge is 0.357 e. The summed E-state index contributed by atoms with van der Waals surface area (Å²) in [6, 6.07) is 0. The minimum absolute atomic E-state index is 0.227. The van der Waals surface area contributed by atoms with Crippen LogP contribution in [0.3, 0.4) is 0 Å². The molecule has 1 N–H and O–H groups in total. The summed E-state index contributed by atoms with van der Waals surface area (Å²) in [6.07, 6.45) is 0.543. The lowest BCUT2D eigenvalue weighted by Crippen LogP contribution is -2.42. The Morgan fingerprint density at radius 2 is 2.19 bits per heavy atom. The van der Waals surface area contributed by atoms with Gasteiger partial charge in [-0.15, -0.1) is 0 Å². The second-order valence-electron chi connectivity index (χ2n) is 7.06. The molecular formula is C18H31F3N6. The fourth-order valence-corrected chi connectivity index (χ4v) is 3.37. The van der Waals surface area contributed by atoms with Crippen LogP contribution in [0.2, 0.25) is 0 Å². The highest BCUT2D eigenvalue weighted by Gasteiger charge is 2.32. The quantitative estimate of drug-likeness (QED) is 0.549. The van der Waals surface area contributed by atoms with Crippen LogP contribution in [0.25, 0.3) is 0 Å². The Morgan fingerprint density at radius 3 is 2.78 bits per heavy atom. The second kappa shape index (κ2) is 9.96. The van der Waals surface area contributed by atoms with E-state index in [4.69, 9.17) is 0 Å². The molecule has 6 nitrogen and oxygen atoms in total. The van der Waals surface area contributed by atoms with Gasteiger partial charge in [-0.05, 0) is 38.3 Å². The highest BCUT2D eigenvalue weighted by Crippen LogP contribution is 2.21. The maximum Gasteiger partial charge on any atom is 0.401 e. The van der Waals surface area contributed by atoms with Crippen LogP contribution in [-0.4, -0.2) is 77.5 Å². The number of alkyl halides is 3. The third-order valence-corrected chi connectivity index (χ3v) is 4.64. The van der Waals surface area contributed by atoms with Crippen LogP contribution in [-0.2, 0) is 6.54 Å². The lowest BCUT2D eigenvalue weighted by molar-refractivity contribution is -0.146. The van der Waals surface area contributed by atoms with Crippen molar-refractivity contribution in [1.29, 1.82) is 0 Å². The normalized spacial score (nSPS) is 18.6. The zero-order chi connectivity index (χ0) is 19.9. The summed E-state index contributed by atoms with van der Waals surface area (Å²) in [5.74, 6) is 1.06. The Hall–Kier alpha value is -1.77. The molecule has 0 saturated carbocycles. The van der Waals surface area contributed by atoms with Crippen molar-refractivity contribution < 1.29 is 13.2 Å². The number of rotatable bonds is 8. The first-order chi connectivity index (χ1) is 12.8. The first-order valence-electron chi connectivity index (χ1n) is 9.62. The Balaban J connectivity index is 1.87. The van der Waals surface area contributed by atoms with Crippen molar-refractivity contribution in [3.63, 3.8) is 0 Å². The highest BCUT2D eigenvalue weighted by molar-refractivity contribution is 5.80. The van der Waals surface area contributed by atoms with Gasteiger partial charge in [0.05, 0.1) is 25.8 Å². The van der Waals surface area contributed by atoms with E-state index in [0.29, 0.717) is 26.2 Å². The predicted molar refractivity (Wildman–Crippen MR) is 101 cm³/mol. The van der Waals surface area contributed by atoms with E-state index in [9.17, 15) is 13.2 Å². The predicted octanol–water partition coefficient (Wildman–Crippen LogP) is 2.36. The number of nitrogens with one attached hydrogen (secondary N) is 1. The van der Waals surface area contributed by atoms with Gasteiger partial charge in [0, 0.05) is 32.4 Å². The van der Waals surface area contributed by atoms with Crippen molar-refractivity contribution in [2.45, 2.75) is 39.9 Å². The average Bonchev–Trinajstić information content (AvgIpc) is 3.21. The number of nitrogens with zero attached hydrogens (tertiary/aromatic N) is 5. The SMILES string of the molecule is CCNC(=NCCn1cc(C)cn1)N1CCC(CN(CC)CC(F)(F)F)C1. The van der Waals surface area contributed by atoms with Gasteiger partial charge in [0.2, 0.25) is 0 Å². The van der Waals surface area contributed by atoms with Crippen molar-refractivity contribution in [2.75, 3.05) is 45.8 Å². The van der Waals surface area contributed by atoms with E-state index >= 15 is 0 Å². The Bertz CT molecular complexity index is 598. The van der Waals surface area contributed by atoms with Crippen molar-refractivity contribution >= 4 is 5.96 Å². The number of aliphatic imine (C=N–C) groups is 1. The standard InChI is InChI=1S/C18H31F3N6/c1-4-22-17(23-7-9-27-11-15(3)10-24-27)26-8-6-16(13-26)12-25(5-2)14-18(19,20)21/h10-11,16H,4-9,12-14H2,1-3H3,(H,22,23). The maximum atomic E-state index is 12.7. The molecule has 9 heteroatoms. The van der Waals surface area contributed by atoms with Gasteiger partial charge < -0.3 is 10.2 Å². The molecule has 1 aromatic rings. The number of aryl methyl sites for hydroxylation is 1. The zero-order valence-electron chi connectivity index (χ0n) is 16.5. The molecule has 154 valence electrons. The molecule has 0 aromatic carbocycles. The van der Waals surface area contributed by atoms with Gasteiger partial charge in [-0.3, -0.25) is 14.6 Å². The van der Waals surface area contributed by atoms with E-state index in [0.717, 1.165) is 37.6 Å². The summed E-state index contributed by atoms with van der Waals surface area (Å²) in [5, 5.41) is 7.55. The lowest BCUT2D eigenvalue weighted by Gasteiger charge is -2.26. The van der Waals surface area contributed by atoms with E-state index in [-0.39, 0.29) is 5.92 Å². The van der Waals surface area contributed by atoms with E-state index in [1.54, 1.807) is 6.92 Å². The van der Waals surface area contributed by atoms with Gasteiger partial charge in [-0.2, -0.15) is 18.3 Å². The van der Waals surface area contributed by atoms with Gasteiger partial charge in [0.15, 0.2) is 5.96 Å².